The van der Waals surface area contributed by atoms with Crippen molar-refractivity contribution in [1.29, 1.82) is 0 Å². The van der Waals surface area contributed by atoms with Gasteiger partial charge in [0.25, 0.3) is 5.56 Å². The van der Waals surface area contributed by atoms with E-state index in [-0.39, 0.29) is 22.3 Å². The van der Waals surface area contributed by atoms with Gasteiger partial charge in [-0.05, 0) is 6.07 Å². The van der Waals surface area contributed by atoms with Crippen LogP contribution in [0.1, 0.15) is 5.69 Å². The number of nitrogens with one attached hydrogen (secondary N) is 1. The third kappa shape index (κ3) is 1.84. The van der Waals surface area contributed by atoms with Crippen LogP contribution in [0.15, 0.2) is 16.0 Å². The Bertz CT molecular complexity index is 361. The molecule has 0 aromatic carbocycles. The van der Waals surface area contributed by atoms with Crippen molar-refractivity contribution in [3.8, 4) is 0 Å². The summed E-state index contributed by atoms with van der Waals surface area (Å²) < 4.78 is 0. The first-order valence-corrected chi connectivity index (χ1v) is 3.77. The minimum atomic E-state index is -0.472. The fourth-order valence-corrected chi connectivity index (χ4v) is 1.13. The van der Waals surface area contributed by atoms with Crippen molar-refractivity contribution in [2.24, 2.45) is 5.18 Å². The van der Waals surface area contributed by atoms with Gasteiger partial charge < -0.3 is 4.98 Å². The number of pyridine rings is 1. The van der Waals surface area contributed by atoms with Gasteiger partial charge in [0.1, 0.15) is 11.6 Å². The Morgan fingerprint density at radius 1 is 1.42 bits per heavy atom. The maximum atomic E-state index is 10.9. The molecule has 6 heteroatoms. The van der Waals surface area contributed by atoms with E-state index in [1.165, 1.54) is 6.07 Å². The SMILES string of the molecule is O=NCc1[nH]c(=O)c(Cl)cc1Cl. The number of hydrogen-bond acceptors (Lipinski definition) is 3. The van der Waals surface area contributed by atoms with E-state index in [0.717, 1.165) is 0 Å². The fourth-order valence-electron chi connectivity index (χ4n) is 0.700. The molecule has 0 aliphatic carbocycles. The van der Waals surface area contributed by atoms with Crippen LogP contribution in [0.3, 0.4) is 0 Å². The van der Waals surface area contributed by atoms with Gasteiger partial charge in [0.2, 0.25) is 0 Å². The van der Waals surface area contributed by atoms with Crippen LogP contribution in [0.4, 0.5) is 0 Å². The van der Waals surface area contributed by atoms with Crippen LogP contribution in [0.5, 0.6) is 0 Å². The number of hydrogen-bond donors (Lipinski definition) is 1. The van der Waals surface area contributed by atoms with Gasteiger partial charge in [-0.25, -0.2) is 0 Å². The van der Waals surface area contributed by atoms with Crippen molar-refractivity contribution in [2.45, 2.75) is 6.54 Å². The third-order valence-corrected chi connectivity index (χ3v) is 1.86. The molecule has 12 heavy (non-hydrogen) atoms. The van der Waals surface area contributed by atoms with Crippen molar-refractivity contribution in [1.82, 2.24) is 4.98 Å². The van der Waals surface area contributed by atoms with E-state index >= 15 is 0 Å². The van der Waals surface area contributed by atoms with Crippen molar-refractivity contribution >= 4 is 23.2 Å². The number of aromatic nitrogens is 1. The second kappa shape index (κ2) is 3.69. The Kier molecular flexibility index (Phi) is 2.83. The number of aromatic amines is 1. The number of nitroso groups, excluding NO2 is 1. The molecule has 0 saturated heterocycles. The lowest BCUT2D eigenvalue weighted by Crippen LogP contribution is -2.09. The van der Waals surface area contributed by atoms with Crippen LogP contribution < -0.4 is 5.56 Å². The first-order valence-electron chi connectivity index (χ1n) is 3.01. The Balaban J connectivity index is 3.22. The lowest BCUT2D eigenvalue weighted by atomic mass is 10.3. The summed E-state index contributed by atoms with van der Waals surface area (Å²) in [6.45, 7) is -0.161. The average molecular weight is 207 g/mol. The van der Waals surface area contributed by atoms with Gasteiger partial charge in [0, 0.05) is 0 Å². The molecular formula is C6H4Cl2N2O2. The highest BCUT2D eigenvalue weighted by Crippen LogP contribution is 2.15. The van der Waals surface area contributed by atoms with Gasteiger partial charge in [0.15, 0.2) is 0 Å². The Morgan fingerprint density at radius 2 is 2.08 bits per heavy atom. The van der Waals surface area contributed by atoms with Crippen LogP contribution in [-0.4, -0.2) is 4.98 Å². The number of halogens is 2. The Morgan fingerprint density at radius 3 is 2.67 bits per heavy atom. The van der Waals surface area contributed by atoms with Crippen LogP contribution in [0.25, 0.3) is 0 Å². The molecule has 0 fully saturated rings. The Labute approximate surface area is 77.5 Å². The van der Waals surface area contributed by atoms with Crippen molar-refractivity contribution in [3.05, 3.63) is 37.1 Å². The molecule has 0 unspecified atom stereocenters. The van der Waals surface area contributed by atoms with Crippen LogP contribution in [0.2, 0.25) is 10.0 Å². The molecule has 1 rings (SSSR count). The summed E-state index contributed by atoms with van der Waals surface area (Å²) in [5.74, 6) is 0. The second-order valence-electron chi connectivity index (χ2n) is 2.06. The summed E-state index contributed by atoms with van der Waals surface area (Å²) in [4.78, 5) is 23.1. The molecule has 0 saturated carbocycles. The van der Waals surface area contributed by atoms with E-state index in [0.29, 0.717) is 0 Å². The zero-order chi connectivity index (χ0) is 9.14. The molecule has 0 radical (unpaired) electrons. The van der Waals surface area contributed by atoms with Crippen LogP contribution in [0, 0.1) is 4.91 Å². The minimum absolute atomic E-state index is 0.00495. The van der Waals surface area contributed by atoms with E-state index in [2.05, 4.69) is 10.2 Å². The van der Waals surface area contributed by atoms with Gasteiger partial charge >= 0.3 is 0 Å². The molecule has 0 amide bonds. The summed E-state index contributed by atoms with van der Waals surface area (Å²) in [5, 5.41) is 2.82. The standard InChI is InChI=1S/C6H4Cl2N2O2/c7-3-1-4(8)6(11)10-5(3)2-9-12/h1H,2H2,(H,10,11). The molecule has 1 aromatic rings. The fraction of sp³-hybridized carbons (Fsp3) is 0.167. The molecule has 0 aliphatic heterocycles. The maximum Gasteiger partial charge on any atom is 0.267 e. The molecule has 1 heterocycles. The summed E-state index contributed by atoms with van der Waals surface area (Å²) in [6.07, 6.45) is 0. The molecule has 64 valence electrons. The van der Waals surface area contributed by atoms with E-state index in [4.69, 9.17) is 23.2 Å². The molecule has 4 nitrogen and oxygen atoms in total. The van der Waals surface area contributed by atoms with Crippen molar-refractivity contribution in [3.63, 3.8) is 0 Å². The number of H-pyrrole nitrogens is 1. The lowest BCUT2D eigenvalue weighted by Gasteiger charge is -1.98. The topological polar surface area (TPSA) is 62.3 Å². The van der Waals surface area contributed by atoms with Gasteiger partial charge in [-0.1, -0.05) is 28.4 Å². The van der Waals surface area contributed by atoms with E-state index in [1.54, 1.807) is 0 Å². The third-order valence-electron chi connectivity index (χ3n) is 1.25. The zero-order valence-corrected chi connectivity index (χ0v) is 7.32. The average Bonchev–Trinajstić information content (AvgIpc) is 2.01. The molecular weight excluding hydrogens is 203 g/mol. The highest BCUT2D eigenvalue weighted by atomic mass is 35.5. The summed E-state index contributed by atoms with van der Waals surface area (Å²) in [5.41, 5.74) is -0.194. The van der Waals surface area contributed by atoms with Crippen LogP contribution >= 0.6 is 23.2 Å². The first kappa shape index (κ1) is 9.22. The first-order chi connectivity index (χ1) is 5.65. The molecule has 1 aromatic heterocycles. The van der Waals surface area contributed by atoms with Crippen molar-refractivity contribution < 1.29 is 0 Å². The van der Waals surface area contributed by atoms with Gasteiger partial charge in [0.05, 0.1) is 10.7 Å². The predicted octanol–water partition coefficient (Wildman–Crippen LogP) is 1.95. The van der Waals surface area contributed by atoms with E-state index < -0.39 is 5.56 Å². The summed E-state index contributed by atoms with van der Waals surface area (Å²) in [6, 6.07) is 1.28. The molecule has 1 N–H and O–H groups in total. The molecule has 0 aliphatic rings. The van der Waals surface area contributed by atoms with Gasteiger partial charge in [-0.3, -0.25) is 4.79 Å². The molecule has 0 bridgehead atoms. The summed E-state index contributed by atoms with van der Waals surface area (Å²) in [7, 11) is 0. The van der Waals surface area contributed by atoms with Gasteiger partial charge in [-0.15, -0.1) is 0 Å². The number of rotatable bonds is 2. The van der Waals surface area contributed by atoms with Gasteiger partial charge in [-0.2, -0.15) is 4.91 Å². The van der Waals surface area contributed by atoms with E-state index in [9.17, 15) is 9.70 Å². The highest BCUT2D eigenvalue weighted by Gasteiger charge is 2.04. The lowest BCUT2D eigenvalue weighted by molar-refractivity contribution is 0.965. The predicted molar refractivity (Wildman–Crippen MR) is 46.6 cm³/mol. The van der Waals surface area contributed by atoms with Crippen LogP contribution in [-0.2, 0) is 6.54 Å². The minimum Gasteiger partial charge on any atom is -0.322 e. The molecule has 0 atom stereocenters. The summed E-state index contributed by atoms with van der Waals surface area (Å²) >= 11 is 11.1. The largest absolute Gasteiger partial charge is 0.322 e. The maximum absolute atomic E-state index is 10.9. The monoisotopic (exact) mass is 206 g/mol. The molecule has 0 spiro atoms. The quantitative estimate of drug-likeness (QED) is 0.753. The zero-order valence-electron chi connectivity index (χ0n) is 5.80. The number of nitrogens with zero attached hydrogens (tertiary/aromatic N) is 1. The second-order valence-corrected chi connectivity index (χ2v) is 2.87. The highest BCUT2D eigenvalue weighted by molar-refractivity contribution is 6.34. The van der Waals surface area contributed by atoms with Crippen molar-refractivity contribution in [2.75, 3.05) is 0 Å². The smallest absolute Gasteiger partial charge is 0.267 e. The Hall–Kier alpha value is -0.870. The van der Waals surface area contributed by atoms with E-state index in [1.807, 2.05) is 0 Å². The normalized spacial score (nSPS) is 9.83.